The van der Waals surface area contributed by atoms with Crippen molar-refractivity contribution in [2.75, 3.05) is 13.2 Å². The first kappa shape index (κ1) is 16.8. The van der Waals surface area contributed by atoms with Gasteiger partial charge in [0.15, 0.2) is 0 Å². The van der Waals surface area contributed by atoms with Crippen LogP contribution in [0.15, 0.2) is 45.5 Å². The maximum Gasteiger partial charge on any atom is 0.248 e. The number of rotatable bonds is 6. The number of aryl methyl sites for hydroxylation is 1. The second-order valence-corrected chi connectivity index (χ2v) is 7.09. The van der Waals surface area contributed by atoms with Gasteiger partial charge in [0, 0.05) is 36.2 Å². The molecule has 0 saturated carbocycles. The molecule has 6 nitrogen and oxygen atoms in total. The van der Waals surface area contributed by atoms with Crippen LogP contribution in [0.5, 0.6) is 5.75 Å². The van der Waals surface area contributed by atoms with Crippen molar-refractivity contribution in [1.29, 1.82) is 0 Å². The molecule has 1 N–H and O–H groups in total. The average molecular weight is 369 g/mol. The minimum atomic E-state index is -0.0147. The first-order valence-electron chi connectivity index (χ1n) is 8.60. The molecule has 1 aromatic carbocycles. The van der Waals surface area contributed by atoms with Crippen molar-refractivity contribution in [1.82, 2.24) is 15.5 Å². The van der Waals surface area contributed by atoms with Gasteiger partial charge in [-0.3, -0.25) is 4.79 Å². The molecule has 1 amide bonds. The first-order valence-corrected chi connectivity index (χ1v) is 9.54. The molecule has 1 atom stereocenters. The molecule has 1 aliphatic rings. The molecule has 0 spiro atoms. The Morgan fingerprint density at radius 1 is 1.27 bits per heavy atom. The van der Waals surface area contributed by atoms with Crippen LogP contribution in [0, 0.1) is 5.92 Å². The molecular formula is C19H19N3O3S. The van der Waals surface area contributed by atoms with E-state index in [1.54, 1.807) is 11.3 Å². The van der Waals surface area contributed by atoms with Crippen LogP contribution in [-0.2, 0) is 17.6 Å². The van der Waals surface area contributed by atoms with Crippen LogP contribution >= 0.6 is 11.3 Å². The highest BCUT2D eigenvalue weighted by molar-refractivity contribution is 7.08. The summed E-state index contributed by atoms with van der Waals surface area (Å²) < 4.78 is 11.3. The summed E-state index contributed by atoms with van der Waals surface area (Å²) in [6, 6.07) is 9.97. The van der Waals surface area contributed by atoms with Crippen molar-refractivity contribution in [2.24, 2.45) is 5.92 Å². The number of hydrogen-bond acceptors (Lipinski definition) is 6. The molecule has 26 heavy (non-hydrogen) atoms. The van der Waals surface area contributed by atoms with Crippen molar-refractivity contribution in [3.63, 3.8) is 0 Å². The second kappa shape index (κ2) is 7.70. The number of aromatic nitrogens is 2. The number of hydrogen-bond donors (Lipinski definition) is 1. The summed E-state index contributed by atoms with van der Waals surface area (Å²) in [5.74, 6) is 2.21. The third kappa shape index (κ3) is 3.94. The van der Waals surface area contributed by atoms with E-state index in [2.05, 4.69) is 21.6 Å². The number of nitrogens with zero attached hydrogens (tertiary/aromatic N) is 2. The highest BCUT2D eigenvalue weighted by Gasteiger charge is 2.20. The highest BCUT2D eigenvalue weighted by atomic mass is 32.1. The molecule has 7 heteroatoms. The molecule has 134 valence electrons. The van der Waals surface area contributed by atoms with E-state index in [1.165, 1.54) is 5.56 Å². The molecule has 0 bridgehead atoms. The summed E-state index contributed by atoms with van der Waals surface area (Å²) >= 11 is 1.58. The summed E-state index contributed by atoms with van der Waals surface area (Å²) in [7, 11) is 0. The summed E-state index contributed by atoms with van der Waals surface area (Å²) in [4.78, 5) is 12.1. The maximum atomic E-state index is 12.1. The molecule has 2 aromatic heterocycles. The fraction of sp³-hybridized carbons (Fsp3) is 0.316. The van der Waals surface area contributed by atoms with Crippen LogP contribution in [0.2, 0.25) is 0 Å². The zero-order valence-electron chi connectivity index (χ0n) is 14.2. The third-order valence-corrected chi connectivity index (χ3v) is 5.03. The highest BCUT2D eigenvalue weighted by Crippen LogP contribution is 2.26. The van der Waals surface area contributed by atoms with E-state index in [0.717, 1.165) is 17.7 Å². The van der Waals surface area contributed by atoms with E-state index >= 15 is 0 Å². The van der Waals surface area contributed by atoms with Gasteiger partial charge in [0.2, 0.25) is 17.7 Å². The number of amides is 1. The zero-order valence-corrected chi connectivity index (χ0v) is 15.0. The second-order valence-electron chi connectivity index (χ2n) is 6.31. The van der Waals surface area contributed by atoms with Crippen molar-refractivity contribution in [3.05, 3.63) is 52.5 Å². The molecular weight excluding hydrogens is 350 g/mol. The minimum Gasteiger partial charge on any atom is -0.493 e. The number of ether oxygens (including phenoxy) is 1. The molecule has 0 fully saturated rings. The Kier molecular flexibility index (Phi) is 4.97. The smallest absolute Gasteiger partial charge is 0.248 e. The van der Waals surface area contributed by atoms with Crippen molar-refractivity contribution >= 4 is 17.2 Å². The van der Waals surface area contributed by atoms with Crippen LogP contribution in [-0.4, -0.2) is 29.3 Å². The van der Waals surface area contributed by atoms with E-state index in [-0.39, 0.29) is 5.91 Å². The summed E-state index contributed by atoms with van der Waals surface area (Å²) in [5, 5.41) is 14.9. The molecule has 3 heterocycles. The number of carbonyl (C=O) groups excluding carboxylic acids is 1. The van der Waals surface area contributed by atoms with Gasteiger partial charge in [0.05, 0.1) is 6.61 Å². The Bertz CT molecular complexity index is 876. The van der Waals surface area contributed by atoms with E-state index < -0.39 is 0 Å². The van der Waals surface area contributed by atoms with Gasteiger partial charge in [-0.05, 0) is 29.5 Å². The van der Waals surface area contributed by atoms with Gasteiger partial charge in [-0.15, -0.1) is 10.2 Å². The fourth-order valence-corrected chi connectivity index (χ4v) is 3.58. The lowest BCUT2D eigenvalue weighted by molar-refractivity contribution is -0.121. The van der Waals surface area contributed by atoms with Gasteiger partial charge >= 0.3 is 0 Å². The number of nitrogens with one attached hydrogen (secondary N) is 1. The zero-order chi connectivity index (χ0) is 17.8. The summed E-state index contributed by atoms with van der Waals surface area (Å²) in [6.45, 7) is 1.24. The minimum absolute atomic E-state index is 0.0147. The Morgan fingerprint density at radius 2 is 2.19 bits per heavy atom. The number of benzene rings is 1. The lowest BCUT2D eigenvalue weighted by Crippen LogP contribution is -2.34. The number of thiophene rings is 1. The molecule has 3 aromatic rings. The topological polar surface area (TPSA) is 77.2 Å². The third-order valence-electron chi connectivity index (χ3n) is 4.34. The normalized spacial score (nSPS) is 15.9. The molecule has 1 unspecified atom stereocenters. The molecule has 4 rings (SSSR count). The van der Waals surface area contributed by atoms with Gasteiger partial charge in [-0.25, -0.2) is 0 Å². The lowest BCUT2D eigenvalue weighted by atomic mass is 9.97. The number of fused-ring (bicyclic) bond motifs is 1. The maximum absolute atomic E-state index is 12.1. The molecule has 1 aliphatic heterocycles. The largest absolute Gasteiger partial charge is 0.493 e. The van der Waals surface area contributed by atoms with E-state index in [4.69, 9.17) is 9.15 Å². The Labute approximate surface area is 155 Å². The van der Waals surface area contributed by atoms with Crippen LogP contribution in [0.1, 0.15) is 17.9 Å². The van der Waals surface area contributed by atoms with Crippen molar-refractivity contribution in [2.45, 2.75) is 19.3 Å². The Hall–Kier alpha value is -2.67. The predicted molar refractivity (Wildman–Crippen MR) is 98.1 cm³/mol. The van der Waals surface area contributed by atoms with Crippen molar-refractivity contribution < 1.29 is 13.9 Å². The first-order chi connectivity index (χ1) is 12.8. The molecule has 0 saturated heterocycles. The van der Waals surface area contributed by atoms with Crippen LogP contribution in [0.4, 0.5) is 0 Å². The lowest BCUT2D eigenvalue weighted by Gasteiger charge is -2.25. The molecule has 0 radical (unpaired) electrons. The monoisotopic (exact) mass is 369 g/mol. The SMILES string of the molecule is O=C(CCc1nnc(-c2ccsc2)o1)NCC1COc2ccccc2C1. The fourth-order valence-electron chi connectivity index (χ4n) is 2.95. The number of carbonyl (C=O) groups is 1. The average Bonchev–Trinajstić information content (AvgIpc) is 3.36. The molecule has 0 aliphatic carbocycles. The van der Waals surface area contributed by atoms with Gasteiger partial charge in [0.1, 0.15) is 5.75 Å². The van der Waals surface area contributed by atoms with Gasteiger partial charge in [-0.1, -0.05) is 18.2 Å². The van der Waals surface area contributed by atoms with Crippen LogP contribution in [0.3, 0.4) is 0 Å². The van der Waals surface area contributed by atoms with Gasteiger partial charge in [0.25, 0.3) is 0 Å². The van der Waals surface area contributed by atoms with Gasteiger partial charge in [-0.2, -0.15) is 11.3 Å². The Balaban J connectivity index is 1.23. The van der Waals surface area contributed by atoms with E-state index in [0.29, 0.717) is 43.7 Å². The van der Waals surface area contributed by atoms with E-state index in [1.807, 2.05) is 35.0 Å². The summed E-state index contributed by atoms with van der Waals surface area (Å²) in [6.07, 6.45) is 1.69. The standard InChI is InChI=1S/C19H19N3O3S/c23-17(5-6-18-21-22-19(25-18)15-7-8-26-12-15)20-10-13-9-14-3-1-2-4-16(14)24-11-13/h1-4,7-8,12-13H,5-6,9-11H2,(H,20,23). The number of para-hydroxylation sites is 1. The van der Waals surface area contributed by atoms with Crippen LogP contribution < -0.4 is 10.1 Å². The van der Waals surface area contributed by atoms with Crippen molar-refractivity contribution in [3.8, 4) is 17.2 Å². The van der Waals surface area contributed by atoms with E-state index in [9.17, 15) is 4.79 Å². The van der Waals surface area contributed by atoms with Crippen LogP contribution in [0.25, 0.3) is 11.5 Å². The predicted octanol–water partition coefficient (Wildman–Crippen LogP) is 3.10. The summed E-state index contributed by atoms with van der Waals surface area (Å²) in [5.41, 5.74) is 2.11. The quantitative estimate of drug-likeness (QED) is 0.722. The Morgan fingerprint density at radius 3 is 3.08 bits per heavy atom. The van der Waals surface area contributed by atoms with Gasteiger partial charge < -0.3 is 14.5 Å².